The van der Waals surface area contributed by atoms with Crippen LogP contribution in [0.4, 0.5) is 13.2 Å². The van der Waals surface area contributed by atoms with E-state index in [-0.39, 0.29) is 47.1 Å². The lowest BCUT2D eigenvalue weighted by Crippen LogP contribution is -2.35. The van der Waals surface area contributed by atoms with Gasteiger partial charge in [-0.05, 0) is 51.2 Å². The minimum absolute atomic E-state index is 0.0342. The number of amides is 3. The second kappa shape index (κ2) is 10.2. The molecule has 2 aliphatic heterocycles. The lowest BCUT2D eigenvalue weighted by atomic mass is 9.82. The van der Waals surface area contributed by atoms with Crippen LogP contribution in [0.2, 0.25) is 0 Å². The number of aromatic nitrogens is 2. The maximum atomic E-state index is 13.9. The predicted molar refractivity (Wildman–Crippen MR) is 149 cm³/mol. The summed E-state index contributed by atoms with van der Waals surface area (Å²) in [6.07, 6.45) is -2.48. The molecule has 2 saturated heterocycles. The molecule has 0 saturated carbocycles. The highest BCUT2D eigenvalue weighted by atomic mass is 32.1. The van der Waals surface area contributed by atoms with E-state index in [1.807, 2.05) is 19.0 Å². The van der Waals surface area contributed by atoms with Gasteiger partial charge in [0.2, 0.25) is 11.8 Å². The van der Waals surface area contributed by atoms with Crippen molar-refractivity contribution in [3.05, 3.63) is 46.1 Å². The molecule has 0 spiro atoms. The summed E-state index contributed by atoms with van der Waals surface area (Å²) in [5.74, 6) is -1.38. The van der Waals surface area contributed by atoms with Crippen LogP contribution in [-0.2, 0) is 22.3 Å². The van der Waals surface area contributed by atoms with E-state index in [0.717, 1.165) is 12.5 Å². The van der Waals surface area contributed by atoms with Crippen molar-refractivity contribution in [1.82, 2.24) is 24.7 Å². The molecule has 2 aliphatic rings. The molecule has 41 heavy (non-hydrogen) atoms. The molecule has 3 amide bonds. The molecule has 3 aromatic rings. The first-order valence-electron chi connectivity index (χ1n) is 13.4. The number of halogens is 3. The molecule has 2 atom stereocenters. The summed E-state index contributed by atoms with van der Waals surface area (Å²) in [6.45, 7) is 7.70. The Bertz CT molecular complexity index is 1560. The summed E-state index contributed by atoms with van der Waals surface area (Å²) in [7, 11) is 3.87. The van der Waals surface area contributed by atoms with E-state index in [2.05, 4.69) is 9.97 Å². The Hall–Kier alpha value is -3.38. The summed E-state index contributed by atoms with van der Waals surface area (Å²) >= 11 is 1.23. The number of carbonyl (C=O) groups excluding carboxylic acids is 3. The lowest BCUT2D eigenvalue weighted by Gasteiger charge is -2.23. The van der Waals surface area contributed by atoms with Crippen molar-refractivity contribution in [3.8, 4) is 11.3 Å². The van der Waals surface area contributed by atoms with Crippen molar-refractivity contribution >= 4 is 39.3 Å². The van der Waals surface area contributed by atoms with Crippen LogP contribution in [-0.4, -0.2) is 75.6 Å². The second-order valence-corrected chi connectivity index (χ2v) is 12.8. The molecule has 0 N–H and O–H groups in total. The van der Waals surface area contributed by atoms with Crippen molar-refractivity contribution < 1.29 is 27.6 Å². The van der Waals surface area contributed by atoms with Gasteiger partial charge in [-0.3, -0.25) is 24.3 Å². The van der Waals surface area contributed by atoms with Gasteiger partial charge in [0.25, 0.3) is 5.91 Å². The molecule has 218 valence electrons. The Morgan fingerprint density at radius 3 is 2.51 bits per heavy atom. The van der Waals surface area contributed by atoms with Crippen molar-refractivity contribution in [1.29, 1.82) is 0 Å². The molecular weight excluding hydrogens is 555 g/mol. The van der Waals surface area contributed by atoms with Crippen LogP contribution in [0.1, 0.15) is 53.7 Å². The van der Waals surface area contributed by atoms with E-state index in [4.69, 9.17) is 0 Å². The van der Waals surface area contributed by atoms with E-state index < -0.39 is 23.2 Å². The number of hydrogen-bond donors (Lipinski definition) is 0. The third-order valence-corrected chi connectivity index (χ3v) is 9.59. The minimum atomic E-state index is -4.71. The zero-order chi connectivity index (χ0) is 30.0. The van der Waals surface area contributed by atoms with Crippen LogP contribution in [0.5, 0.6) is 0 Å². The van der Waals surface area contributed by atoms with Gasteiger partial charge in [0.15, 0.2) is 0 Å². The largest absolute Gasteiger partial charge is 0.433 e. The number of likely N-dealkylation sites (N-methyl/N-ethyl adjacent to an activating group) is 1. The molecule has 2 unspecified atom stereocenters. The number of hydrogen-bond acceptors (Lipinski definition) is 7. The van der Waals surface area contributed by atoms with E-state index in [9.17, 15) is 27.6 Å². The van der Waals surface area contributed by atoms with E-state index in [0.29, 0.717) is 33.7 Å². The average molecular weight is 588 g/mol. The number of imide groups is 1. The first kappa shape index (κ1) is 29.1. The van der Waals surface area contributed by atoms with Gasteiger partial charge in [0, 0.05) is 41.7 Å². The first-order chi connectivity index (χ1) is 19.1. The molecule has 0 radical (unpaired) electrons. The van der Waals surface area contributed by atoms with Gasteiger partial charge in [0.05, 0.1) is 33.4 Å². The summed E-state index contributed by atoms with van der Waals surface area (Å²) in [4.78, 5) is 53.6. The fourth-order valence-corrected chi connectivity index (χ4v) is 6.64. The standard InChI is InChI=1S/C29H32F3N5O3S/c1-15-11-21(29(30,31)32)34-23(22(15)26(39)36-10-8-17(13-36)35(5)6)19-7-9-33-20-12-18(41-24(19)20)14-37-25(38)16(2)28(3,4)27(37)40/h7,9,11-12,16-17H,8,10,13-14H2,1-6H3. The van der Waals surface area contributed by atoms with Crippen molar-refractivity contribution in [3.63, 3.8) is 0 Å². The molecule has 0 aliphatic carbocycles. The van der Waals surface area contributed by atoms with Crippen LogP contribution in [0.25, 0.3) is 21.5 Å². The molecule has 12 heteroatoms. The zero-order valence-corrected chi connectivity index (χ0v) is 24.6. The number of fused-ring (bicyclic) bond motifs is 1. The van der Waals surface area contributed by atoms with E-state index in [1.165, 1.54) is 29.4 Å². The van der Waals surface area contributed by atoms with Gasteiger partial charge in [0.1, 0.15) is 5.69 Å². The molecule has 5 rings (SSSR count). The Morgan fingerprint density at radius 1 is 1.22 bits per heavy atom. The van der Waals surface area contributed by atoms with Crippen LogP contribution in [0.15, 0.2) is 24.4 Å². The van der Waals surface area contributed by atoms with Gasteiger partial charge in [-0.1, -0.05) is 20.8 Å². The number of aryl methyl sites for hydroxylation is 1. The van der Waals surface area contributed by atoms with Crippen LogP contribution >= 0.6 is 11.3 Å². The SMILES string of the molecule is Cc1cc(C(F)(F)F)nc(-c2ccnc3cc(CN4C(=O)C(C)C(C)(C)C4=O)sc23)c1C(=O)N1CCC(N(C)C)C1. The van der Waals surface area contributed by atoms with E-state index in [1.54, 1.807) is 37.8 Å². The highest BCUT2D eigenvalue weighted by Crippen LogP contribution is 2.41. The highest BCUT2D eigenvalue weighted by Gasteiger charge is 2.51. The van der Waals surface area contributed by atoms with Gasteiger partial charge in [-0.15, -0.1) is 11.3 Å². The summed E-state index contributed by atoms with van der Waals surface area (Å²) in [6, 6.07) is 4.36. The number of rotatable bonds is 5. The molecule has 2 fully saturated rings. The monoisotopic (exact) mass is 587 g/mol. The molecule has 3 aromatic heterocycles. The second-order valence-electron chi connectivity index (χ2n) is 11.7. The lowest BCUT2D eigenvalue weighted by molar-refractivity contribution is -0.142. The number of carbonyl (C=O) groups is 3. The number of pyridine rings is 2. The first-order valence-corrected chi connectivity index (χ1v) is 14.2. The molecule has 5 heterocycles. The van der Waals surface area contributed by atoms with E-state index >= 15 is 0 Å². The number of thiophene rings is 1. The summed E-state index contributed by atoms with van der Waals surface area (Å²) < 4.78 is 42.3. The minimum Gasteiger partial charge on any atom is -0.337 e. The van der Waals surface area contributed by atoms with Crippen molar-refractivity contribution in [2.75, 3.05) is 27.2 Å². The molecule has 0 aromatic carbocycles. The summed E-state index contributed by atoms with van der Waals surface area (Å²) in [5, 5.41) is 0. The fourth-order valence-electron chi connectivity index (χ4n) is 5.52. The molecular formula is C29H32F3N5O3S. The average Bonchev–Trinajstić information content (AvgIpc) is 3.59. The van der Waals surface area contributed by atoms with Crippen molar-refractivity contribution in [2.45, 2.75) is 52.9 Å². The number of likely N-dealkylation sites (tertiary alicyclic amines) is 2. The third-order valence-electron chi connectivity index (χ3n) is 8.45. The molecule has 8 nitrogen and oxygen atoms in total. The maximum Gasteiger partial charge on any atom is 0.433 e. The number of alkyl halides is 3. The topological polar surface area (TPSA) is 86.7 Å². The smallest absolute Gasteiger partial charge is 0.337 e. The van der Waals surface area contributed by atoms with Gasteiger partial charge >= 0.3 is 6.18 Å². The fraction of sp³-hybridized carbons (Fsp3) is 0.483. The maximum absolute atomic E-state index is 13.9. The Morgan fingerprint density at radius 2 is 1.93 bits per heavy atom. The van der Waals surface area contributed by atoms with Gasteiger partial charge < -0.3 is 9.80 Å². The van der Waals surface area contributed by atoms with Crippen molar-refractivity contribution in [2.24, 2.45) is 11.3 Å². The van der Waals surface area contributed by atoms with Gasteiger partial charge in [-0.25, -0.2) is 4.98 Å². The Balaban J connectivity index is 1.60. The van der Waals surface area contributed by atoms with Gasteiger partial charge in [-0.2, -0.15) is 13.2 Å². The third kappa shape index (κ3) is 5.01. The highest BCUT2D eigenvalue weighted by molar-refractivity contribution is 7.19. The van der Waals surface area contributed by atoms with Crippen LogP contribution in [0, 0.1) is 18.3 Å². The zero-order valence-electron chi connectivity index (χ0n) is 23.8. The normalized spacial score (nSPS) is 21.1. The van der Waals surface area contributed by atoms with Crippen LogP contribution < -0.4 is 0 Å². The predicted octanol–water partition coefficient (Wildman–Crippen LogP) is 4.99. The number of nitrogens with zero attached hydrogens (tertiary/aromatic N) is 5. The quantitative estimate of drug-likeness (QED) is 0.391. The Labute approximate surface area is 240 Å². The Kier molecular flexibility index (Phi) is 7.22. The molecule has 0 bridgehead atoms. The summed E-state index contributed by atoms with van der Waals surface area (Å²) in [5.41, 5.74) is -0.822. The van der Waals surface area contributed by atoms with Crippen LogP contribution in [0.3, 0.4) is 0 Å².